The standard InChI is InChI=1S/C16H30N2O2/c1-4-12(3)11-18(5-2)14-8-9-16(10-14,15(19)20)17-13-6-7-13/h12-14,17H,4-11H2,1-3H3,(H,19,20). The van der Waals surface area contributed by atoms with E-state index in [1.165, 1.54) is 6.42 Å². The summed E-state index contributed by atoms with van der Waals surface area (Å²) in [4.78, 5) is 14.2. The van der Waals surface area contributed by atoms with Crippen LogP contribution in [0.25, 0.3) is 0 Å². The molecular formula is C16H30N2O2. The maximum Gasteiger partial charge on any atom is 0.323 e. The highest BCUT2D eigenvalue weighted by Gasteiger charge is 2.49. The second-order valence-corrected chi connectivity index (χ2v) is 6.80. The maximum absolute atomic E-state index is 11.7. The molecule has 2 N–H and O–H groups in total. The molecule has 2 rings (SSSR count). The van der Waals surface area contributed by atoms with Gasteiger partial charge in [0.15, 0.2) is 0 Å². The number of carbonyl (C=O) groups is 1. The summed E-state index contributed by atoms with van der Waals surface area (Å²) in [5.74, 6) is 0.0395. The van der Waals surface area contributed by atoms with Gasteiger partial charge in [0.05, 0.1) is 0 Å². The average Bonchev–Trinajstić information content (AvgIpc) is 3.13. The molecule has 0 aromatic carbocycles. The summed E-state index contributed by atoms with van der Waals surface area (Å²) in [6, 6.07) is 0.880. The van der Waals surface area contributed by atoms with Crippen LogP contribution in [0, 0.1) is 5.92 Å². The number of carboxylic acids is 1. The average molecular weight is 282 g/mol. The van der Waals surface area contributed by atoms with Crippen molar-refractivity contribution < 1.29 is 9.90 Å². The first kappa shape index (κ1) is 15.8. The highest BCUT2D eigenvalue weighted by Crippen LogP contribution is 2.36. The summed E-state index contributed by atoms with van der Waals surface area (Å²) in [7, 11) is 0. The van der Waals surface area contributed by atoms with Gasteiger partial charge in [0.25, 0.3) is 0 Å². The van der Waals surface area contributed by atoms with E-state index in [1.54, 1.807) is 0 Å². The van der Waals surface area contributed by atoms with Crippen LogP contribution >= 0.6 is 0 Å². The second kappa shape index (κ2) is 6.44. The van der Waals surface area contributed by atoms with E-state index in [0.717, 1.165) is 45.2 Å². The Morgan fingerprint density at radius 2 is 2.10 bits per heavy atom. The van der Waals surface area contributed by atoms with Crippen LogP contribution in [0.2, 0.25) is 0 Å². The van der Waals surface area contributed by atoms with E-state index in [1.807, 2.05) is 0 Å². The van der Waals surface area contributed by atoms with Gasteiger partial charge in [-0.15, -0.1) is 0 Å². The van der Waals surface area contributed by atoms with Crippen LogP contribution in [0.4, 0.5) is 0 Å². The van der Waals surface area contributed by atoms with Gasteiger partial charge in [0.2, 0.25) is 0 Å². The molecule has 4 nitrogen and oxygen atoms in total. The topological polar surface area (TPSA) is 52.6 Å². The van der Waals surface area contributed by atoms with Crippen LogP contribution in [0.1, 0.15) is 59.3 Å². The molecule has 2 aliphatic rings. The van der Waals surface area contributed by atoms with Crippen molar-refractivity contribution in [1.82, 2.24) is 10.2 Å². The molecule has 2 saturated carbocycles. The minimum absolute atomic E-state index is 0.427. The highest BCUT2D eigenvalue weighted by atomic mass is 16.4. The molecule has 0 bridgehead atoms. The van der Waals surface area contributed by atoms with Crippen molar-refractivity contribution in [1.29, 1.82) is 0 Å². The molecule has 3 atom stereocenters. The monoisotopic (exact) mass is 282 g/mol. The largest absolute Gasteiger partial charge is 0.480 e. The lowest BCUT2D eigenvalue weighted by atomic mass is 9.96. The first-order valence-corrected chi connectivity index (χ1v) is 8.26. The molecule has 0 amide bonds. The molecule has 0 saturated heterocycles. The second-order valence-electron chi connectivity index (χ2n) is 6.80. The lowest BCUT2D eigenvalue weighted by Gasteiger charge is -2.32. The normalized spacial score (nSPS) is 31.7. The predicted octanol–water partition coefficient (Wildman–Crippen LogP) is 2.48. The summed E-state index contributed by atoms with van der Waals surface area (Å²) in [5, 5.41) is 13.1. The minimum Gasteiger partial charge on any atom is -0.480 e. The quantitative estimate of drug-likeness (QED) is 0.718. The van der Waals surface area contributed by atoms with E-state index in [9.17, 15) is 9.90 Å². The Kier molecular flexibility index (Phi) is 5.08. The Bertz CT molecular complexity index is 343. The summed E-state index contributed by atoms with van der Waals surface area (Å²) < 4.78 is 0. The summed E-state index contributed by atoms with van der Waals surface area (Å²) in [6.45, 7) is 8.82. The van der Waals surface area contributed by atoms with E-state index in [-0.39, 0.29) is 0 Å². The molecule has 20 heavy (non-hydrogen) atoms. The van der Waals surface area contributed by atoms with Crippen molar-refractivity contribution in [3.05, 3.63) is 0 Å². The molecule has 2 fully saturated rings. The van der Waals surface area contributed by atoms with Gasteiger partial charge in [-0.2, -0.15) is 0 Å². The predicted molar refractivity (Wildman–Crippen MR) is 80.9 cm³/mol. The van der Waals surface area contributed by atoms with Crippen molar-refractivity contribution in [2.45, 2.75) is 76.9 Å². The molecule has 0 aromatic heterocycles. The lowest BCUT2D eigenvalue weighted by Crippen LogP contribution is -2.52. The zero-order chi connectivity index (χ0) is 14.8. The Morgan fingerprint density at radius 3 is 2.60 bits per heavy atom. The zero-order valence-electron chi connectivity index (χ0n) is 13.2. The summed E-state index contributed by atoms with van der Waals surface area (Å²) in [6.07, 6.45) is 6.03. The first-order valence-electron chi connectivity index (χ1n) is 8.26. The van der Waals surface area contributed by atoms with Crippen LogP contribution in [-0.4, -0.2) is 46.7 Å². The fourth-order valence-electron chi connectivity index (χ4n) is 3.40. The van der Waals surface area contributed by atoms with E-state index in [0.29, 0.717) is 18.0 Å². The molecule has 116 valence electrons. The van der Waals surface area contributed by atoms with Crippen LogP contribution in [0.15, 0.2) is 0 Å². The molecule has 0 heterocycles. The van der Waals surface area contributed by atoms with Gasteiger partial charge in [-0.3, -0.25) is 10.1 Å². The Balaban J connectivity index is 1.98. The molecule has 0 aromatic rings. The first-order chi connectivity index (χ1) is 9.50. The number of carboxylic acid groups (broad SMARTS) is 1. The fraction of sp³-hybridized carbons (Fsp3) is 0.938. The molecule has 4 heteroatoms. The van der Waals surface area contributed by atoms with E-state index in [4.69, 9.17) is 0 Å². The van der Waals surface area contributed by atoms with Crippen molar-refractivity contribution in [3.63, 3.8) is 0 Å². The Morgan fingerprint density at radius 1 is 1.40 bits per heavy atom. The summed E-state index contributed by atoms with van der Waals surface area (Å²) in [5.41, 5.74) is -0.658. The molecular weight excluding hydrogens is 252 g/mol. The van der Waals surface area contributed by atoms with Gasteiger partial charge in [0, 0.05) is 18.6 Å². The van der Waals surface area contributed by atoms with Gasteiger partial charge < -0.3 is 10.0 Å². The van der Waals surface area contributed by atoms with Crippen LogP contribution in [-0.2, 0) is 4.79 Å². The highest BCUT2D eigenvalue weighted by molar-refractivity contribution is 5.79. The van der Waals surface area contributed by atoms with Gasteiger partial charge in [-0.05, 0) is 44.6 Å². The minimum atomic E-state index is -0.658. The molecule has 0 spiro atoms. The van der Waals surface area contributed by atoms with E-state index in [2.05, 4.69) is 31.0 Å². The maximum atomic E-state index is 11.7. The number of nitrogens with zero attached hydrogens (tertiary/aromatic N) is 1. The van der Waals surface area contributed by atoms with Crippen molar-refractivity contribution in [2.75, 3.05) is 13.1 Å². The number of rotatable bonds is 8. The third kappa shape index (κ3) is 3.53. The number of nitrogens with one attached hydrogen (secondary N) is 1. The molecule has 0 radical (unpaired) electrons. The van der Waals surface area contributed by atoms with Crippen molar-refractivity contribution in [3.8, 4) is 0 Å². The van der Waals surface area contributed by atoms with Gasteiger partial charge in [-0.25, -0.2) is 0 Å². The van der Waals surface area contributed by atoms with Crippen molar-refractivity contribution in [2.24, 2.45) is 5.92 Å². The van der Waals surface area contributed by atoms with Gasteiger partial charge in [0.1, 0.15) is 5.54 Å². The van der Waals surface area contributed by atoms with E-state index >= 15 is 0 Å². The molecule has 3 unspecified atom stereocenters. The fourth-order valence-corrected chi connectivity index (χ4v) is 3.40. The van der Waals surface area contributed by atoms with Crippen LogP contribution in [0.3, 0.4) is 0 Å². The summed E-state index contributed by atoms with van der Waals surface area (Å²) >= 11 is 0. The van der Waals surface area contributed by atoms with Crippen molar-refractivity contribution >= 4 is 5.97 Å². The van der Waals surface area contributed by atoms with Crippen LogP contribution < -0.4 is 5.32 Å². The number of hydrogen-bond donors (Lipinski definition) is 2. The molecule has 2 aliphatic carbocycles. The Labute approximate surface area is 122 Å². The third-order valence-corrected chi connectivity index (χ3v) is 5.12. The third-order valence-electron chi connectivity index (χ3n) is 5.12. The lowest BCUT2D eigenvalue weighted by molar-refractivity contribution is -0.145. The van der Waals surface area contributed by atoms with E-state index < -0.39 is 11.5 Å². The number of hydrogen-bond acceptors (Lipinski definition) is 3. The van der Waals surface area contributed by atoms with Gasteiger partial charge in [-0.1, -0.05) is 27.2 Å². The number of aliphatic carboxylic acids is 1. The van der Waals surface area contributed by atoms with Gasteiger partial charge >= 0.3 is 5.97 Å². The molecule has 0 aliphatic heterocycles. The zero-order valence-corrected chi connectivity index (χ0v) is 13.2. The smallest absolute Gasteiger partial charge is 0.323 e. The Hall–Kier alpha value is -0.610. The SMILES string of the molecule is CCC(C)CN(CC)C1CCC(NC2CC2)(C(=O)O)C1. The van der Waals surface area contributed by atoms with Crippen LogP contribution in [0.5, 0.6) is 0 Å².